The Bertz CT molecular complexity index is 496. The van der Waals surface area contributed by atoms with Crippen molar-refractivity contribution in [1.29, 1.82) is 0 Å². The van der Waals surface area contributed by atoms with E-state index in [2.05, 4.69) is 15.1 Å². The van der Waals surface area contributed by atoms with Gasteiger partial charge in [-0.05, 0) is 18.4 Å². The number of methoxy groups -OCH3 is 1. The van der Waals surface area contributed by atoms with Gasteiger partial charge in [0, 0.05) is 31.7 Å². The van der Waals surface area contributed by atoms with Gasteiger partial charge < -0.3 is 14.4 Å². The van der Waals surface area contributed by atoms with E-state index in [1.165, 1.54) is 0 Å². The summed E-state index contributed by atoms with van der Waals surface area (Å²) in [5.41, 5.74) is 1.00. The summed E-state index contributed by atoms with van der Waals surface area (Å²) in [5, 5.41) is 12.6. The van der Waals surface area contributed by atoms with Crippen molar-refractivity contribution in [2.24, 2.45) is 0 Å². The highest BCUT2D eigenvalue weighted by molar-refractivity contribution is 5.20. The fourth-order valence-corrected chi connectivity index (χ4v) is 1.67. The van der Waals surface area contributed by atoms with Crippen molar-refractivity contribution in [3.63, 3.8) is 0 Å². The van der Waals surface area contributed by atoms with Gasteiger partial charge in [-0.15, -0.1) is 0 Å². The van der Waals surface area contributed by atoms with Gasteiger partial charge in [-0.3, -0.25) is 0 Å². The number of rotatable bonds is 7. The highest BCUT2D eigenvalue weighted by atomic mass is 16.5. The minimum atomic E-state index is 0.193. The second kappa shape index (κ2) is 6.84. The number of hydrogen-bond donors (Lipinski definition) is 1. The van der Waals surface area contributed by atoms with Crippen LogP contribution in [0, 0.1) is 0 Å². The van der Waals surface area contributed by atoms with Crippen LogP contribution in [0.25, 0.3) is 0 Å². The smallest absolute Gasteiger partial charge is 0.226 e. The average molecular weight is 263 g/mol. The molecule has 0 aliphatic rings. The SMILES string of the molecule is COc1ccc(Cc2noc(CCCCO)n2)cn1. The van der Waals surface area contributed by atoms with Crippen molar-refractivity contribution in [3.05, 3.63) is 35.6 Å². The molecule has 0 saturated carbocycles. The van der Waals surface area contributed by atoms with Crippen molar-refractivity contribution in [3.8, 4) is 5.88 Å². The summed E-state index contributed by atoms with van der Waals surface area (Å²) in [6.45, 7) is 0.193. The van der Waals surface area contributed by atoms with E-state index in [1.54, 1.807) is 19.4 Å². The number of unbranched alkanes of at least 4 members (excludes halogenated alkanes) is 1. The van der Waals surface area contributed by atoms with Crippen molar-refractivity contribution in [1.82, 2.24) is 15.1 Å². The van der Waals surface area contributed by atoms with Crippen LogP contribution in [0.1, 0.15) is 30.1 Å². The number of aliphatic hydroxyl groups is 1. The third-order valence-corrected chi connectivity index (χ3v) is 2.68. The second-order valence-corrected chi connectivity index (χ2v) is 4.17. The monoisotopic (exact) mass is 263 g/mol. The predicted molar refractivity (Wildman–Crippen MR) is 67.9 cm³/mol. The molecule has 19 heavy (non-hydrogen) atoms. The molecule has 6 nitrogen and oxygen atoms in total. The van der Waals surface area contributed by atoms with Gasteiger partial charge in [-0.2, -0.15) is 4.98 Å². The average Bonchev–Trinajstić information content (AvgIpc) is 2.88. The quantitative estimate of drug-likeness (QED) is 0.760. The van der Waals surface area contributed by atoms with Gasteiger partial charge in [0.2, 0.25) is 11.8 Å². The Morgan fingerprint density at radius 1 is 1.32 bits per heavy atom. The first-order valence-electron chi connectivity index (χ1n) is 6.23. The number of nitrogens with zero attached hydrogens (tertiary/aromatic N) is 3. The molecule has 0 saturated heterocycles. The molecule has 2 aromatic rings. The molecular weight excluding hydrogens is 246 g/mol. The lowest BCUT2D eigenvalue weighted by atomic mass is 10.2. The summed E-state index contributed by atoms with van der Waals surface area (Å²) in [6.07, 6.45) is 4.62. The molecule has 0 aromatic carbocycles. The molecular formula is C13H17N3O3. The first-order valence-corrected chi connectivity index (χ1v) is 6.23. The van der Waals surface area contributed by atoms with Crippen LogP contribution in [0.2, 0.25) is 0 Å². The minimum Gasteiger partial charge on any atom is -0.481 e. The Hall–Kier alpha value is -1.95. The third kappa shape index (κ3) is 4.03. The molecule has 0 aliphatic carbocycles. The summed E-state index contributed by atoms with van der Waals surface area (Å²) in [6, 6.07) is 3.73. The zero-order valence-corrected chi connectivity index (χ0v) is 10.9. The zero-order chi connectivity index (χ0) is 13.5. The second-order valence-electron chi connectivity index (χ2n) is 4.17. The first kappa shape index (κ1) is 13.5. The van der Waals surface area contributed by atoms with Gasteiger partial charge in [0.15, 0.2) is 5.82 Å². The largest absolute Gasteiger partial charge is 0.481 e. The fourth-order valence-electron chi connectivity index (χ4n) is 1.67. The minimum absolute atomic E-state index is 0.193. The molecule has 2 aromatic heterocycles. The topological polar surface area (TPSA) is 81.3 Å². The van der Waals surface area contributed by atoms with Crippen LogP contribution in [-0.2, 0) is 12.8 Å². The Morgan fingerprint density at radius 2 is 2.21 bits per heavy atom. The Labute approximate surface area is 111 Å². The standard InChI is InChI=1S/C13H17N3O3/c1-18-12-6-5-10(9-14-12)8-11-15-13(19-16-11)4-2-3-7-17/h5-6,9,17H,2-4,7-8H2,1H3. The molecule has 0 spiro atoms. The number of ether oxygens (including phenoxy) is 1. The van der Waals surface area contributed by atoms with E-state index in [-0.39, 0.29) is 6.61 Å². The number of aromatic nitrogens is 3. The van der Waals surface area contributed by atoms with E-state index >= 15 is 0 Å². The van der Waals surface area contributed by atoms with E-state index in [0.29, 0.717) is 30.4 Å². The van der Waals surface area contributed by atoms with Crippen LogP contribution in [0.15, 0.2) is 22.9 Å². The summed E-state index contributed by atoms with van der Waals surface area (Å²) < 4.78 is 10.1. The third-order valence-electron chi connectivity index (χ3n) is 2.68. The van der Waals surface area contributed by atoms with Gasteiger partial charge in [-0.1, -0.05) is 11.2 Å². The van der Waals surface area contributed by atoms with Crippen LogP contribution in [-0.4, -0.2) is 33.9 Å². The van der Waals surface area contributed by atoms with Crippen LogP contribution < -0.4 is 4.74 Å². The van der Waals surface area contributed by atoms with Crippen LogP contribution in [0.3, 0.4) is 0 Å². The number of hydrogen-bond acceptors (Lipinski definition) is 6. The molecule has 102 valence electrons. The maximum Gasteiger partial charge on any atom is 0.226 e. The first-order chi connectivity index (χ1) is 9.31. The van der Waals surface area contributed by atoms with Crippen molar-refractivity contribution >= 4 is 0 Å². The van der Waals surface area contributed by atoms with Gasteiger partial charge in [0.05, 0.1) is 7.11 Å². The lowest BCUT2D eigenvalue weighted by Crippen LogP contribution is -1.94. The Balaban J connectivity index is 1.91. The molecule has 0 atom stereocenters. The van der Waals surface area contributed by atoms with Crippen molar-refractivity contribution in [2.75, 3.05) is 13.7 Å². The summed E-state index contributed by atoms with van der Waals surface area (Å²) in [5.74, 6) is 1.84. The van der Waals surface area contributed by atoms with Crippen molar-refractivity contribution < 1.29 is 14.4 Å². The molecule has 6 heteroatoms. The van der Waals surface area contributed by atoms with Gasteiger partial charge >= 0.3 is 0 Å². The van der Waals surface area contributed by atoms with Crippen LogP contribution >= 0.6 is 0 Å². The van der Waals surface area contributed by atoms with Crippen LogP contribution in [0.5, 0.6) is 5.88 Å². The number of aliphatic hydroxyl groups excluding tert-OH is 1. The summed E-state index contributed by atoms with van der Waals surface area (Å²) in [4.78, 5) is 8.43. The lowest BCUT2D eigenvalue weighted by Gasteiger charge is -1.99. The van der Waals surface area contributed by atoms with E-state index in [1.807, 2.05) is 6.07 Å². The molecule has 0 fully saturated rings. The van der Waals surface area contributed by atoms with E-state index in [4.69, 9.17) is 14.4 Å². The summed E-state index contributed by atoms with van der Waals surface area (Å²) in [7, 11) is 1.58. The fraction of sp³-hybridized carbons (Fsp3) is 0.462. The van der Waals surface area contributed by atoms with E-state index < -0.39 is 0 Å². The van der Waals surface area contributed by atoms with Gasteiger partial charge in [0.1, 0.15) is 0 Å². The summed E-state index contributed by atoms with van der Waals surface area (Å²) >= 11 is 0. The maximum atomic E-state index is 8.70. The van der Waals surface area contributed by atoms with Gasteiger partial charge in [-0.25, -0.2) is 4.98 Å². The highest BCUT2D eigenvalue weighted by Crippen LogP contribution is 2.11. The molecule has 0 bridgehead atoms. The predicted octanol–water partition coefficient (Wildman–Crippen LogP) is 1.38. The molecule has 0 radical (unpaired) electrons. The molecule has 2 heterocycles. The Morgan fingerprint density at radius 3 is 2.89 bits per heavy atom. The number of aryl methyl sites for hydroxylation is 1. The zero-order valence-electron chi connectivity index (χ0n) is 10.9. The Kier molecular flexibility index (Phi) is 4.85. The molecule has 2 rings (SSSR count). The molecule has 1 N–H and O–H groups in total. The molecule has 0 unspecified atom stereocenters. The van der Waals surface area contributed by atoms with E-state index in [9.17, 15) is 0 Å². The normalized spacial score (nSPS) is 10.6. The van der Waals surface area contributed by atoms with E-state index in [0.717, 1.165) is 18.4 Å². The maximum absolute atomic E-state index is 8.70. The molecule has 0 amide bonds. The van der Waals surface area contributed by atoms with Crippen molar-refractivity contribution in [2.45, 2.75) is 25.7 Å². The van der Waals surface area contributed by atoms with Gasteiger partial charge in [0.25, 0.3) is 0 Å². The molecule has 0 aliphatic heterocycles. The number of pyridine rings is 1. The lowest BCUT2D eigenvalue weighted by molar-refractivity contribution is 0.280. The van der Waals surface area contributed by atoms with Crippen LogP contribution in [0.4, 0.5) is 0 Å². The highest BCUT2D eigenvalue weighted by Gasteiger charge is 2.07.